The van der Waals surface area contributed by atoms with E-state index in [1.165, 1.54) is 20.0 Å². The fraction of sp³-hybridized carbons (Fsp3) is 0. The van der Waals surface area contributed by atoms with Crippen molar-refractivity contribution >= 4 is 14.5 Å². The third-order valence-corrected chi connectivity index (χ3v) is 5.31. The van der Waals surface area contributed by atoms with Crippen LogP contribution in [0.5, 0.6) is 0 Å². The Kier molecular flexibility index (Phi) is 3.36. The molecule has 0 saturated carbocycles. The molecule has 0 saturated heterocycles. The maximum absolute atomic E-state index is 2.24. The van der Waals surface area contributed by atoms with Gasteiger partial charge in [0.05, 0.1) is 0 Å². The summed E-state index contributed by atoms with van der Waals surface area (Å²) in [5, 5.41) is 0. The van der Waals surface area contributed by atoms with Crippen LogP contribution >= 0.6 is 0 Å². The molecule has 0 atom stereocenters. The summed E-state index contributed by atoms with van der Waals surface area (Å²) in [6.07, 6.45) is 0. The second-order valence-electron chi connectivity index (χ2n) is 4.09. The van der Waals surface area contributed by atoms with Crippen LogP contribution < -0.4 is 0 Å². The first-order valence-corrected chi connectivity index (χ1v) is 7.69. The van der Waals surface area contributed by atoms with Crippen molar-refractivity contribution in [3.63, 3.8) is 0 Å². The van der Waals surface area contributed by atoms with Crippen LogP contribution in [0.2, 0.25) is 0 Å². The molecule has 1 heteroatoms. The molecule has 3 rings (SSSR count). The molecule has 0 aliphatic rings. The zero-order valence-corrected chi connectivity index (χ0v) is 11.6. The van der Waals surface area contributed by atoms with Gasteiger partial charge in [-0.15, -0.1) is 0 Å². The van der Waals surface area contributed by atoms with Gasteiger partial charge in [0.1, 0.15) is 0 Å². The molecule has 0 N–H and O–H groups in total. The van der Waals surface area contributed by atoms with Crippen LogP contribution in [0, 0.1) is 0 Å². The Hall–Kier alpha value is -1.69. The van der Waals surface area contributed by atoms with Crippen LogP contribution in [0.15, 0.2) is 78.9 Å². The Bertz CT molecular complexity index is 575. The van der Waals surface area contributed by atoms with Crippen LogP contribution in [0.4, 0.5) is 0 Å². The van der Waals surface area contributed by atoms with Gasteiger partial charge in [-0.1, -0.05) is 0 Å². The van der Waals surface area contributed by atoms with E-state index >= 15 is 0 Å². The molecule has 0 fully saturated rings. The van der Waals surface area contributed by atoms with Crippen molar-refractivity contribution in [2.24, 2.45) is 0 Å². The molecule has 18 heavy (non-hydrogen) atoms. The van der Waals surface area contributed by atoms with E-state index in [2.05, 4.69) is 78.9 Å². The number of rotatable bonds is 2. The summed E-state index contributed by atoms with van der Waals surface area (Å²) in [7, 11) is 0. The minimum absolute atomic E-state index is 0.386. The van der Waals surface area contributed by atoms with Crippen LogP contribution in [-0.4, -0.2) is 14.5 Å². The molecule has 0 radical (unpaired) electrons. The molecule has 2 aromatic carbocycles. The molecule has 0 amide bonds. The van der Waals surface area contributed by atoms with Crippen LogP contribution in [-0.2, 0) is 0 Å². The zero-order valence-electron chi connectivity index (χ0n) is 9.91. The van der Waals surface area contributed by atoms with E-state index in [9.17, 15) is 0 Å². The van der Waals surface area contributed by atoms with Gasteiger partial charge in [0.2, 0.25) is 0 Å². The standard InChI is InChI=1S/C17H13Se/c1-3-8-14(9-4-1)16-12-7-13-17(18-16)15-10-5-2-6-11-15/h1-13H/q+1. The van der Waals surface area contributed by atoms with Crippen LogP contribution in [0.25, 0.3) is 20.0 Å². The van der Waals surface area contributed by atoms with Crippen molar-refractivity contribution < 1.29 is 0 Å². The van der Waals surface area contributed by atoms with Crippen molar-refractivity contribution in [2.45, 2.75) is 0 Å². The van der Waals surface area contributed by atoms with Gasteiger partial charge < -0.3 is 0 Å². The zero-order chi connectivity index (χ0) is 12.2. The minimum atomic E-state index is 0.386. The van der Waals surface area contributed by atoms with Gasteiger partial charge in [0.25, 0.3) is 0 Å². The second kappa shape index (κ2) is 5.30. The Morgan fingerprint density at radius 1 is 0.444 bits per heavy atom. The van der Waals surface area contributed by atoms with E-state index in [1.807, 2.05) is 0 Å². The summed E-state index contributed by atoms with van der Waals surface area (Å²) in [5.74, 6) is 0. The van der Waals surface area contributed by atoms with E-state index in [4.69, 9.17) is 0 Å². The summed E-state index contributed by atoms with van der Waals surface area (Å²) in [4.78, 5) is 0. The van der Waals surface area contributed by atoms with Gasteiger partial charge in [-0.25, -0.2) is 0 Å². The number of hydrogen-bond acceptors (Lipinski definition) is 0. The summed E-state index contributed by atoms with van der Waals surface area (Å²) in [6, 6.07) is 27.9. The predicted octanol–water partition coefficient (Wildman–Crippen LogP) is 4.36. The Balaban J connectivity index is 2.05. The van der Waals surface area contributed by atoms with Crippen molar-refractivity contribution in [1.29, 1.82) is 0 Å². The van der Waals surface area contributed by atoms with E-state index in [0.29, 0.717) is 14.5 Å². The molecule has 1 heterocycles. The third-order valence-electron chi connectivity index (χ3n) is 2.83. The average molecular weight is 296 g/mol. The summed E-state index contributed by atoms with van der Waals surface area (Å²) < 4.78 is 2.90. The van der Waals surface area contributed by atoms with Gasteiger partial charge >= 0.3 is 113 Å². The molecule has 86 valence electrons. The van der Waals surface area contributed by atoms with Crippen molar-refractivity contribution in [2.75, 3.05) is 0 Å². The normalized spacial score (nSPS) is 10.2. The first-order valence-electron chi connectivity index (χ1n) is 5.97. The molecule has 1 aromatic heterocycles. The fourth-order valence-electron chi connectivity index (χ4n) is 1.92. The van der Waals surface area contributed by atoms with Crippen LogP contribution in [0.1, 0.15) is 0 Å². The summed E-state index contributed by atoms with van der Waals surface area (Å²) >= 11 is 0.386. The van der Waals surface area contributed by atoms with Crippen LogP contribution in [0.3, 0.4) is 0 Å². The van der Waals surface area contributed by atoms with E-state index in [1.54, 1.807) is 0 Å². The molecule has 0 unspecified atom stereocenters. The molecule has 0 nitrogen and oxygen atoms in total. The Morgan fingerprint density at radius 3 is 1.33 bits per heavy atom. The monoisotopic (exact) mass is 297 g/mol. The summed E-state index contributed by atoms with van der Waals surface area (Å²) in [6.45, 7) is 0. The quantitative estimate of drug-likeness (QED) is 0.616. The number of hydrogen-bond donors (Lipinski definition) is 0. The number of benzene rings is 2. The van der Waals surface area contributed by atoms with Gasteiger partial charge in [-0.05, 0) is 0 Å². The maximum atomic E-state index is 2.24. The Morgan fingerprint density at radius 2 is 0.889 bits per heavy atom. The molecular formula is C17H13Se+. The first-order chi connectivity index (χ1) is 8.93. The predicted molar refractivity (Wildman–Crippen MR) is 78.7 cm³/mol. The fourth-order valence-corrected chi connectivity index (χ4v) is 4.10. The Labute approximate surface area is 113 Å². The van der Waals surface area contributed by atoms with Crippen molar-refractivity contribution in [3.8, 4) is 20.0 Å². The molecule has 0 spiro atoms. The summed E-state index contributed by atoms with van der Waals surface area (Å²) in [5.41, 5.74) is 2.69. The van der Waals surface area contributed by atoms with E-state index < -0.39 is 0 Å². The van der Waals surface area contributed by atoms with Crippen molar-refractivity contribution in [3.05, 3.63) is 78.9 Å². The van der Waals surface area contributed by atoms with Gasteiger partial charge in [-0.3, -0.25) is 0 Å². The molecule has 0 aliphatic carbocycles. The average Bonchev–Trinajstić information content (AvgIpc) is 2.49. The van der Waals surface area contributed by atoms with Gasteiger partial charge in [-0.2, -0.15) is 0 Å². The molecule has 0 bridgehead atoms. The first kappa shape index (κ1) is 11.4. The van der Waals surface area contributed by atoms with Gasteiger partial charge in [0, 0.05) is 0 Å². The topological polar surface area (TPSA) is 0 Å². The molecule has 0 aliphatic heterocycles. The second-order valence-corrected chi connectivity index (χ2v) is 6.36. The van der Waals surface area contributed by atoms with Gasteiger partial charge in [0.15, 0.2) is 0 Å². The molecular weight excluding hydrogens is 283 g/mol. The third kappa shape index (κ3) is 2.43. The van der Waals surface area contributed by atoms with E-state index in [-0.39, 0.29) is 0 Å². The molecule has 3 aromatic rings. The van der Waals surface area contributed by atoms with E-state index in [0.717, 1.165) is 0 Å². The van der Waals surface area contributed by atoms with Crippen molar-refractivity contribution in [1.82, 2.24) is 0 Å². The SMILES string of the molecule is c1ccc(-c2cccc(-c3ccccc3)[se+]2)cc1.